The van der Waals surface area contributed by atoms with Gasteiger partial charge in [0.05, 0.1) is 11.9 Å². The normalized spacial score (nSPS) is 21.4. The van der Waals surface area contributed by atoms with E-state index < -0.39 is 0 Å². The molecule has 1 saturated heterocycles. The summed E-state index contributed by atoms with van der Waals surface area (Å²) in [5.41, 5.74) is 1.47. The molecule has 3 heterocycles. The number of nitrogens with zero attached hydrogens (tertiary/aromatic N) is 4. The molecule has 7 nitrogen and oxygen atoms in total. The zero-order valence-electron chi connectivity index (χ0n) is 19.8. The number of likely N-dealkylation sites (tertiary alicyclic amines) is 1. The van der Waals surface area contributed by atoms with Gasteiger partial charge in [-0.25, -0.2) is 4.68 Å². The van der Waals surface area contributed by atoms with Gasteiger partial charge < -0.3 is 14.8 Å². The lowest BCUT2D eigenvalue weighted by atomic mass is 9.85. The van der Waals surface area contributed by atoms with E-state index in [4.69, 9.17) is 0 Å². The molecule has 1 aromatic carbocycles. The molecule has 1 saturated carbocycles. The maximum atomic E-state index is 13.6. The van der Waals surface area contributed by atoms with Crippen LogP contribution in [0.15, 0.2) is 61.1 Å². The first-order valence-electron chi connectivity index (χ1n) is 12.5. The first kappa shape index (κ1) is 22.4. The maximum Gasteiger partial charge on any atom is 0.259 e. The summed E-state index contributed by atoms with van der Waals surface area (Å²) in [5, 5.41) is 7.86. The summed E-state index contributed by atoms with van der Waals surface area (Å²) in [6, 6.07) is 14.0. The van der Waals surface area contributed by atoms with Crippen molar-refractivity contribution in [3.8, 4) is 11.5 Å². The van der Waals surface area contributed by atoms with Crippen LogP contribution in [0.4, 0.5) is 0 Å². The molecule has 2 amide bonds. The predicted octanol–water partition coefficient (Wildman–Crippen LogP) is 4.21. The second kappa shape index (κ2) is 9.87. The molecule has 5 rings (SSSR count). The third kappa shape index (κ3) is 4.52. The molecule has 2 aliphatic rings. The maximum absolute atomic E-state index is 13.6. The van der Waals surface area contributed by atoms with E-state index in [-0.39, 0.29) is 17.7 Å². The fourth-order valence-electron chi connectivity index (χ4n) is 5.32. The Morgan fingerprint density at radius 2 is 1.65 bits per heavy atom. The summed E-state index contributed by atoms with van der Waals surface area (Å²) in [4.78, 5) is 28.3. The first-order chi connectivity index (χ1) is 16.6. The van der Waals surface area contributed by atoms with Crippen LogP contribution in [-0.2, 0) is 4.79 Å². The van der Waals surface area contributed by atoms with Crippen LogP contribution < -0.4 is 5.32 Å². The van der Waals surface area contributed by atoms with E-state index in [0.29, 0.717) is 43.5 Å². The van der Waals surface area contributed by atoms with Crippen molar-refractivity contribution in [2.75, 3.05) is 13.1 Å². The van der Waals surface area contributed by atoms with E-state index in [0.717, 1.165) is 17.9 Å². The van der Waals surface area contributed by atoms with Crippen LogP contribution in [0.2, 0.25) is 0 Å². The zero-order chi connectivity index (χ0) is 23.5. The average molecular weight is 460 g/mol. The van der Waals surface area contributed by atoms with Crippen molar-refractivity contribution in [2.24, 2.45) is 11.8 Å². The first-order valence-corrected chi connectivity index (χ1v) is 12.5. The minimum Gasteiger partial charge on any atom is -0.353 e. The Balaban J connectivity index is 1.29. The molecule has 0 unspecified atom stereocenters. The van der Waals surface area contributed by atoms with Crippen LogP contribution in [0.25, 0.3) is 11.5 Å². The Kier molecular flexibility index (Phi) is 6.52. The molecule has 34 heavy (non-hydrogen) atoms. The molecule has 0 radical (unpaired) electrons. The average Bonchev–Trinajstić information content (AvgIpc) is 3.56. The van der Waals surface area contributed by atoms with Crippen molar-refractivity contribution >= 4 is 11.8 Å². The number of carbonyl (C=O) groups is 2. The summed E-state index contributed by atoms with van der Waals surface area (Å²) in [5.74, 6) is 1.38. The molecule has 178 valence electrons. The number of nitrogens with one attached hydrogen (secondary N) is 1. The highest BCUT2D eigenvalue weighted by Crippen LogP contribution is 2.27. The molecule has 0 spiro atoms. The van der Waals surface area contributed by atoms with Crippen LogP contribution in [0.5, 0.6) is 0 Å². The van der Waals surface area contributed by atoms with Crippen LogP contribution in [-0.4, -0.2) is 50.2 Å². The predicted molar refractivity (Wildman–Crippen MR) is 131 cm³/mol. The van der Waals surface area contributed by atoms with Crippen molar-refractivity contribution in [3.05, 3.63) is 66.6 Å². The highest BCUT2D eigenvalue weighted by atomic mass is 16.2. The van der Waals surface area contributed by atoms with Gasteiger partial charge in [0.15, 0.2) is 5.82 Å². The van der Waals surface area contributed by atoms with Crippen molar-refractivity contribution in [2.45, 2.75) is 51.5 Å². The Labute approximate surface area is 200 Å². The van der Waals surface area contributed by atoms with E-state index in [1.54, 1.807) is 10.9 Å². The van der Waals surface area contributed by atoms with Crippen LogP contribution >= 0.6 is 0 Å². The number of amides is 2. The summed E-state index contributed by atoms with van der Waals surface area (Å²) >= 11 is 0. The largest absolute Gasteiger partial charge is 0.353 e. The van der Waals surface area contributed by atoms with E-state index in [1.165, 1.54) is 19.3 Å². The Hall–Kier alpha value is -3.35. The molecule has 1 aliphatic carbocycles. The highest BCUT2D eigenvalue weighted by Gasteiger charge is 2.32. The SMILES string of the molecule is C[C@@H]1CCCC[C@@H]1NC(=O)C1CCN(C(=O)c2cnn(-c3ccccc3)c2-n2cccc2)CC1. The van der Waals surface area contributed by atoms with Gasteiger partial charge in [0.2, 0.25) is 5.91 Å². The molecular formula is C27H33N5O2. The molecular weight excluding hydrogens is 426 g/mol. The number of benzene rings is 1. The molecule has 7 heteroatoms. The molecule has 0 bridgehead atoms. The van der Waals surface area contributed by atoms with Crippen LogP contribution in [0.1, 0.15) is 55.8 Å². The monoisotopic (exact) mass is 459 g/mol. The summed E-state index contributed by atoms with van der Waals surface area (Å²) < 4.78 is 3.73. The Bertz CT molecular complexity index is 1110. The van der Waals surface area contributed by atoms with Crippen molar-refractivity contribution in [3.63, 3.8) is 0 Å². The zero-order valence-corrected chi connectivity index (χ0v) is 19.8. The topological polar surface area (TPSA) is 72.2 Å². The molecule has 1 aliphatic heterocycles. The van der Waals surface area contributed by atoms with Gasteiger partial charge in [-0.1, -0.05) is 38.0 Å². The molecule has 1 N–H and O–H groups in total. The van der Waals surface area contributed by atoms with Gasteiger partial charge in [0.25, 0.3) is 5.91 Å². The molecule has 3 aromatic rings. The second-order valence-electron chi connectivity index (χ2n) is 9.66. The molecule has 2 aromatic heterocycles. The van der Waals surface area contributed by atoms with Gasteiger partial charge in [0, 0.05) is 37.4 Å². The summed E-state index contributed by atoms with van der Waals surface area (Å²) in [6.07, 6.45) is 11.6. The number of piperidine rings is 1. The number of hydrogen-bond acceptors (Lipinski definition) is 3. The van der Waals surface area contributed by atoms with Gasteiger partial charge in [-0.2, -0.15) is 5.10 Å². The van der Waals surface area contributed by atoms with Gasteiger partial charge in [-0.3, -0.25) is 9.59 Å². The number of carbonyl (C=O) groups excluding carboxylic acids is 2. The van der Waals surface area contributed by atoms with Crippen molar-refractivity contribution in [1.82, 2.24) is 24.6 Å². The van der Waals surface area contributed by atoms with Crippen LogP contribution in [0.3, 0.4) is 0 Å². The number of para-hydroxylation sites is 1. The van der Waals surface area contributed by atoms with Gasteiger partial charge >= 0.3 is 0 Å². The van der Waals surface area contributed by atoms with E-state index in [1.807, 2.05) is 64.3 Å². The third-order valence-electron chi connectivity index (χ3n) is 7.42. The fraction of sp³-hybridized carbons (Fsp3) is 0.444. The van der Waals surface area contributed by atoms with Crippen molar-refractivity contribution < 1.29 is 9.59 Å². The number of hydrogen-bond donors (Lipinski definition) is 1. The quantitative estimate of drug-likeness (QED) is 0.621. The van der Waals surface area contributed by atoms with Gasteiger partial charge in [-0.15, -0.1) is 0 Å². The standard InChI is InChI=1S/C27H33N5O2/c1-20-9-5-6-12-24(20)29-25(33)21-13-17-31(18-14-21)27(34)23-19-28-32(22-10-3-2-4-11-22)26(23)30-15-7-8-16-30/h2-4,7-8,10-11,15-16,19-21,24H,5-6,9,12-14,17-18H2,1H3,(H,29,33)/t20-,24+/m1/s1. The number of rotatable bonds is 5. The third-order valence-corrected chi connectivity index (χ3v) is 7.42. The Morgan fingerprint density at radius 3 is 2.35 bits per heavy atom. The Morgan fingerprint density at radius 1 is 0.941 bits per heavy atom. The second-order valence-corrected chi connectivity index (χ2v) is 9.66. The van der Waals surface area contributed by atoms with Crippen molar-refractivity contribution in [1.29, 1.82) is 0 Å². The smallest absolute Gasteiger partial charge is 0.259 e. The van der Waals surface area contributed by atoms with Gasteiger partial charge in [0.1, 0.15) is 5.56 Å². The van der Waals surface area contributed by atoms with E-state index >= 15 is 0 Å². The number of aromatic nitrogens is 3. The minimum atomic E-state index is -0.0364. The van der Waals surface area contributed by atoms with E-state index in [9.17, 15) is 9.59 Å². The summed E-state index contributed by atoms with van der Waals surface area (Å²) in [7, 11) is 0. The lowest BCUT2D eigenvalue weighted by molar-refractivity contribution is -0.127. The highest BCUT2D eigenvalue weighted by molar-refractivity contribution is 5.97. The minimum absolute atomic E-state index is 0.0193. The van der Waals surface area contributed by atoms with E-state index in [2.05, 4.69) is 17.3 Å². The van der Waals surface area contributed by atoms with Gasteiger partial charge in [-0.05, 0) is 55.9 Å². The lowest BCUT2D eigenvalue weighted by Crippen LogP contribution is -2.47. The van der Waals surface area contributed by atoms with Crippen LogP contribution in [0, 0.1) is 11.8 Å². The summed E-state index contributed by atoms with van der Waals surface area (Å²) in [6.45, 7) is 3.40. The molecule has 2 fully saturated rings. The fourth-order valence-corrected chi connectivity index (χ4v) is 5.32. The lowest BCUT2D eigenvalue weighted by Gasteiger charge is -2.34. The molecule has 2 atom stereocenters.